The molecular formula is C16H23FIN3OS. The summed E-state index contributed by atoms with van der Waals surface area (Å²) < 4.78 is 18.7. The number of methoxy groups -OCH3 is 1. The van der Waals surface area contributed by atoms with E-state index in [9.17, 15) is 4.39 Å². The third kappa shape index (κ3) is 4.43. The van der Waals surface area contributed by atoms with Gasteiger partial charge >= 0.3 is 0 Å². The molecule has 1 saturated carbocycles. The van der Waals surface area contributed by atoms with Gasteiger partial charge in [-0.15, -0.1) is 24.0 Å². The minimum atomic E-state index is -0.294. The van der Waals surface area contributed by atoms with Crippen LogP contribution in [0.4, 0.5) is 4.39 Å². The highest BCUT2D eigenvalue weighted by Crippen LogP contribution is 2.39. The minimum absolute atomic E-state index is 0. The van der Waals surface area contributed by atoms with E-state index in [-0.39, 0.29) is 35.8 Å². The quantitative estimate of drug-likeness (QED) is 0.436. The molecule has 1 aliphatic heterocycles. The van der Waals surface area contributed by atoms with Gasteiger partial charge in [-0.3, -0.25) is 0 Å². The van der Waals surface area contributed by atoms with Crippen molar-refractivity contribution in [1.82, 2.24) is 4.90 Å². The molecule has 0 bridgehead atoms. The smallest absolute Gasteiger partial charge is 0.191 e. The molecule has 0 amide bonds. The van der Waals surface area contributed by atoms with Gasteiger partial charge in [-0.05, 0) is 36.5 Å². The molecule has 0 spiro atoms. The first-order valence-electron chi connectivity index (χ1n) is 7.66. The molecule has 128 valence electrons. The molecule has 4 nitrogen and oxygen atoms in total. The second kappa shape index (κ2) is 8.41. The monoisotopic (exact) mass is 451 g/mol. The predicted octanol–water partition coefficient (Wildman–Crippen LogP) is 3.06. The second-order valence-corrected chi connectivity index (χ2v) is 7.03. The lowest BCUT2D eigenvalue weighted by molar-refractivity contribution is 0.342. The molecule has 1 aromatic rings. The van der Waals surface area contributed by atoms with Crippen molar-refractivity contribution in [1.29, 1.82) is 0 Å². The molecule has 2 fully saturated rings. The maximum Gasteiger partial charge on any atom is 0.191 e. The van der Waals surface area contributed by atoms with E-state index in [1.807, 2.05) is 17.8 Å². The van der Waals surface area contributed by atoms with Gasteiger partial charge in [-0.2, -0.15) is 11.8 Å². The Kier molecular flexibility index (Phi) is 6.82. The Labute approximate surface area is 158 Å². The maximum absolute atomic E-state index is 13.7. The zero-order chi connectivity index (χ0) is 15.5. The van der Waals surface area contributed by atoms with Gasteiger partial charge in [0.2, 0.25) is 0 Å². The number of ether oxygens (including phenoxy) is 1. The predicted molar refractivity (Wildman–Crippen MR) is 105 cm³/mol. The van der Waals surface area contributed by atoms with Crippen molar-refractivity contribution >= 4 is 41.7 Å². The molecule has 2 N–H and O–H groups in total. The number of hydrogen-bond acceptors (Lipinski definition) is 3. The molecule has 0 radical (unpaired) electrons. The molecule has 1 aromatic carbocycles. The van der Waals surface area contributed by atoms with E-state index in [0.29, 0.717) is 17.6 Å². The van der Waals surface area contributed by atoms with Crippen molar-refractivity contribution in [2.75, 3.05) is 31.7 Å². The number of halogens is 2. The Morgan fingerprint density at radius 2 is 2.04 bits per heavy atom. The number of aliphatic imine (C=N–C) groups is 1. The van der Waals surface area contributed by atoms with E-state index in [2.05, 4.69) is 9.89 Å². The van der Waals surface area contributed by atoms with Crippen LogP contribution in [0.1, 0.15) is 24.3 Å². The van der Waals surface area contributed by atoms with E-state index in [4.69, 9.17) is 10.5 Å². The number of rotatable bonds is 3. The fraction of sp³-hybridized carbons (Fsp3) is 0.562. The van der Waals surface area contributed by atoms with Crippen LogP contribution in [0.5, 0.6) is 5.75 Å². The highest BCUT2D eigenvalue weighted by atomic mass is 127. The number of nitrogens with zero attached hydrogens (tertiary/aromatic N) is 2. The van der Waals surface area contributed by atoms with Crippen molar-refractivity contribution in [2.24, 2.45) is 10.7 Å². The summed E-state index contributed by atoms with van der Waals surface area (Å²) in [6.07, 6.45) is 1.88. The third-order valence-corrected chi connectivity index (χ3v) is 5.35. The van der Waals surface area contributed by atoms with Gasteiger partial charge in [0.1, 0.15) is 0 Å². The van der Waals surface area contributed by atoms with Crippen LogP contribution in [0.25, 0.3) is 0 Å². The molecule has 0 atom stereocenters. The Bertz CT molecular complexity index is 560. The van der Waals surface area contributed by atoms with Gasteiger partial charge in [-0.1, -0.05) is 6.07 Å². The normalized spacial score (nSPS) is 24.6. The fourth-order valence-electron chi connectivity index (χ4n) is 2.96. The minimum Gasteiger partial charge on any atom is -0.494 e. The van der Waals surface area contributed by atoms with E-state index in [1.54, 1.807) is 12.1 Å². The SMILES string of the molecule is COc1ccc(C2CC(N=C(N)N3CCSCC3)C2)cc1F.I. The van der Waals surface area contributed by atoms with Gasteiger partial charge in [0, 0.05) is 24.6 Å². The van der Waals surface area contributed by atoms with Crippen molar-refractivity contribution < 1.29 is 9.13 Å². The summed E-state index contributed by atoms with van der Waals surface area (Å²) in [6, 6.07) is 5.48. The molecule has 1 saturated heterocycles. The van der Waals surface area contributed by atoms with Crippen molar-refractivity contribution in [2.45, 2.75) is 24.8 Å². The highest BCUT2D eigenvalue weighted by molar-refractivity contribution is 14.0. The molecule has 23 heavy (non-hydrogen) atoms. The summed E-state index contributed by atoms with van der Waals surface area (Å²) in [7, 11) is 1.48. The van der Waals surface area contributed by atoms with Crippen LogP contribution in [-0.2, 0) is 0 Å². The largest absolute Gasteiger partial charge is 0.494 e. The number of guanidine groups is 1. The summed E-state index contributed by atoms with van der Waals surface area (Å²) in [5.74, 6) is 3.29. The Balaban J connectivity index is 0.00000192. The first-order chi connectivity index (χ1) is 10.7. The van der Waals surface area contributed by atoms with Crippen LogP contribution in [0.15, 0.2) is 23.2 Å². The molecule has 7 heteroatoms. The Morgan fingerprint density at radius 1 is 1.35 bits per heavy atom. The van der Waals surface area contributed by atoms with Crippen molar-refractivity contribution in [3.05, 3.63) is 29.6 Å². The molecule has 1 aliphatic carbocycles. The third-order valence-electron chi connectivity index (χ3n) is 4.41. The molecule has 0 aromatic heterocycles. The summed E-state index contributed by atoms with van der Waals surface area (Å²) in [4.78, 5) is 6.79. The van der Waals surface area contributed by atoms with Crippen LogP contribution < -0.4 is 10.5 Å². The average molecular weight is 451 g/mol. The molecule has 0 unspecified atom stereocenters. The molecule has 3 rings (SSSR count). The summed E-state index contributed by atoms with van der Waals surface area (Å²) >= 11 is 1.96. The topological polar surface area (TPSA) is 50.9 Å². The van der Waals surface area contributed by atoms with Gasteiger partial charge in [0.15, 0.2) is 17.5 Å². The second-order valence-electron chi connectivity index (χ2n) is 5.80. The van der Waals surface area contributed by atoms with E-state index < -0.39 is 0 Å². The summed E-state index contributed by atoms with van der Waals surface area (Å²) in [6.45, 7) is 1.97. The summed E-state index contributed by atoms with van der Waals surface area (Å²) in [5.41, 5.74) is 7.12. The van der Waals surface area contributed by atoms with Crippen LogP contribution in [-0.4, -0.2) is 48.6 Å². The number of nitrogens with two attached hydrogens (primary N) is 1. The van der Waals surface area contributed by atoms with Crippen molar-refractivity contribution in [3.8, 4) is 5.75 Å². The Hall–Kier alpha value is -0.700. The first kappa shape index (κ1) is 18.6. The van der Waals surface area contributed by atoms with Gasteiger partial charge in [-0.25, -0.2) is 9.38 Å². The average Bonchev–Trinajstić information content (AvgIpc) is 2.51. The van der Waals surface area contributed by atoms with Gasteiger partial charge < -0.3 is 15.4 Å². The number of benzene rings is 1. The lowest BCUT2D eigenvalue weighted by Crippen LogP contribution is -2.44. The Morgan fingerprint density at radius 3 is 2.65 bits per heavy atom. The first-order valence-corrected chi connectivity index (χ1v) is 8.82. The molecule has 1 heterocycles. The standard InChI is InChI=1S/C16H22FN3OS.HI/c1-21-15-3-2-11(10-14(15)17)12-8-13(9-12)19-16(18)20-4-6-22-7-5-20;/h2-3,10,12-13H,4-9H2,1H3,(H2,18,19);1H. The zero-order valence-electron chi connectivity index (χ0n) is 13.2. The van der Waals surface area contributed by atoms with Crippen molar-refractivity contribution in [3.63, 3.8) is 0 Å². The maximum atomic E-state index is 13.7. The highest BCUT2D eigenvalue weighted by Gasteiger charge is 2.31. The number of hydrogen-bond donors (Lipinski definition) is 1. The number of thioether (sulfide) groups is 1. The van der Waals surface area contributed by atoms with Crippen LogP contribution in [0.2, 0.25) is 0 Å². The lowest BCUT2D eigenvalue weighted by Gasteiger charge is -2.35. The van der Waals surface area contributed by atoms with E-state index in [0.717, 1.165) is 43.0 Å². The fourth-order valence-corrected chi connectivity index (χ4v) is 3.87. The van der Waals surface area contributed by atoms with Crippen LogP contribution in [0.3, 0.4) is 0 Å². The lowest BCUT2D eigenvalue weighted by atomic mass is 9.76. The van der Waals surface area contributed by atoms with Gasteiger partial charge in [0.25, 0.3) is 0 Å². The van der Waals surface area contributed by atoms with Crippen LogP contribution in [0, 0.1) is 5.82 Å². The summed E-state index contributed by atoms with van der Waals surface area (Å²) in [5, 5.41) is 0. The van der Waals surface area contributed by atoms with Crippen LogP contribution >= 0.6 is 35.7 Å². The van der Waals surface area contributed by atoms with Gasteiger partial charge in [0.05, 0.1) is 13.2 Å². The zero-order valence-corrected chi connectivity index (χ0v) is 16.4. The molecule has 2 aliphatic rings. The van der Waals surface area contributed by atoms with E-state index >= 15 is 0 Å². The molecular weight excluding hydrogens is 428 g/mol. The van der Waals surface area contributed by atoms with E-state index in [1.165, 1.54) is 7.11 Å².